The van der Waals surface area contributed by atoms with E-state index in [0.29, 0.717) is 35.5 Å². The van der Waals surface area contributed by atoms with Gasteiger partial charge in [0.2, 0.25) is 11.8 Å². The number of amides is 2. The first kappa shape index (κ1) is 30.3. The molecule has 218 valence electrons. The van der Waals surface area contributed by atoms with Gasteiger partial charge in [0.15, 0.2) is 0 Å². The maximum atomic E-state index is 14.0. The summed E-state index contributed by atoms with van der Waals surface area (Å²) in [5.41, 5.74) is 1.00. The second-order valence-electron chi connectivity index (χ2n) is 12.6. The lowest BCUT2D eigenvalue weighted by molar-refractivity contribution is -0.136. The number of likely N-dealkylation sites (tertiary alicyclic amines) is 2. The molecule has 0 saturated carbocycles. The van der Waals surface area contributed by atoms with Crippen molar-refractivity contribution in [2.24, 2.45) is 5.92 Å². The topological polar surface area (TPSA) is 67.9 Å². The Hall–Kier alpha value is -1.67. The van der Waals surface area contributed by atoms with Gasteiger partial charge in [-0.1, -0.05) is 44.0 Å². The molecule has 3 aliphatic rings. The van der Waals surface area contributed by atoms with E-state index >= 15 is 0 Å². The van der Waals surface area contributed by atoms with E-state index in [1.54, 1.807) is 0 Å². The van der Waals surface area contributed by atoms with E-state index in [9.17, 15) is 9.59 Å². The van der Waals surface area contributed by atoms with Crippen LogP contribution >= 0.6 is 11.6 Å². The highest BCUT2D eigenvalue weighted by Crippen LogP contribution is 2.26. The Morgan fingerprint density at radius 1 is 1.00 bits per heavy atom. The molecule has 3 fully saturated rings. The largest absolute Gasteiger partial charge is 0.343 e. The van der Waals surface area contributed by atoms with E-state index in [0.717, 1.165) is 70.5 Å². The van der Waals surface area contributed by atoms with Crippen molar-refractivity contribution in [3.63, 3.8) is 0 Å². The Morgan fingerprint density at radius 3 is 2.31 bits per heavy atom. The van der Waals surface area contributed by atoms with Gasteiger partial charge >= 0.3 is 0 Å². The van der Waals surface area contributed by atoms with Crippen LogP contribution in [0.2, 0.25) is 5.02 Å². The molecule has 3 heterocycles. The van der Waals surface area contributed by atoms with Gasteiger partial charge in [-0.15, -0.1) is 0 Å². The van der Waals surface area contributed by atoms with E-state index in [4.69, 9.17) is 11.6 Å². The van der Waals surface area contributed by atoms with Gasteiger partial charge in [0.25, 0.3) is 0 Å². The number of rotatable bonds is 10. The van der Waals surface area contributed by atoms with Crippen LogP contribution in [-0.4, -0.2) is 96.0 Å². The number of halogens is 1. The van der Waals surface area contributed by atoms with Crippen LogP contribution in [0.25, 0.3) is 0 Å². The zero-order valence-corrected chi connectivity index (χ0v) is 25.3. The molecule has 2 N–H and O–H groups in total. The summed E-state index contributed by atoms with van der Waals surface area (Å²) >= 11 is 6.11. The van der Waals surface area contributed by atoms with Crippen molar-refractivity contribution in [3.05, 3.63) is 34.9 Å². The van der Waals surface area contributed by atoms with Crippen LogP contribution in [-0.2, 0) is 16.0 Å². The third-order valence-electron chi connectivity index (χ3n) is 8.81. The van der Waals surface area contributed by atoms with Gasteiger partial charge in [-0.3, -0.25) is 14.5 Å². The molecule has 8 heteroatoms. The summed E-state index contributed by atoms with van der Waals surface area (Å²) in [7, 11) is 0. The Morgan fingerprint density at radius 2 is 1.69 bits per heavy atom. The van der Waals surface area contributed by atoms with Gasteiger partial charge in [0, 0.05) is 49.2 Å². The molecule has 3 atom stereocenters. The molecule has 0 spiro atoms. The summed E-state index contributed by atoms with van der Waals surface area (Å²) in [5.74, 6) is 0.560. The van der Waals surface area contributed by atoms with Crippen molar-refractivity contribution in [1.29, 1.82) is 0 Å². The fourth-order valence-electron chi connectivity index (χ4n) is 6.59. The molecule has 0 aliphatic carbocycles. The summed E-state index contributed by atoms with van der Waals surface area (Å²) in [6, 6.07) is 8.36. The molecule has 0 bridgehead atoms. The van der Waals surface area contributed by atoms with Crippen LogP contribution in [0.4, 0.5) is 0 Å². The minimum absolute atomic E-state index is 0.0377. The van der Waals surface area contributed by atoms with Crippen molar-refractivity contribution in [3.8, 4) is 0 Å². The van der Waals surface area contributed by atoms with Crippen molar-refractivity contribution >= 4 is 23.4 Å². The Bertz CT molecular complexity index is 925. The normalized spacial score (nSPS) is 24.1. The van der Waals surface area contributed by atoms with Crippen LogP contribution in [0.1, 0.15) is 71.8 Å². The molecule has 4 rings (SSSR count). The Balaban J connectivity index is 1.44. The average molecular weight is 560 g/mol. The third kappa shape index (κ3) is 8.42. The quantitative estimate of drug-likeness (QED) is 0.454. The maximum absolute atomic E-state index is 14.0. The number of hydrogen-bond acceptors (Lipinski definition) is 5. The number of nitrogens with zero attached hydrogens (tertiary/aromatic N) is 3. The van der Waals surface area contributed by atoms with E-state index in [1.807, 2.05) is 29.2 Å². The number of carbonyl (C=O) groups excluding carboxylic acids is 2. The van der Waals surface area contributed by atoms with E-state index in [-0.39, 0.29) is 17.9 Å². The van der Waals surface area contributed by atoms with Crippen molar-refractivity contribution in [1.82, 2.24) is 25.3 Å². The Kier molecular flexibility index (Phi) is 11.1. The lowest BCUT2D eigenvalue weighted by Crippen LogP contribution is -2.55. The molecule has 3 saturated heterocycles. The van der Waals surface area contributed by atoms with Crippen LogP contribution in [0, 0.1) is 5.92 Å². The fraction of sp³-hybridized carbons (Fsp3) is 0.742. The lowest BCUT2D eigenvalue weighted by atomic mass is 9.98. The third-order valence-corrected chi connectivity index (χ3v) is 9.06. The number of benzene rings is 1. The van der Waals surface area contributed by atoms with Gasteiger partial charge in [-0.25, -0.2) is 0 Å². The van der Waals surface area contributed by atoms with Crippen LogP contribution in [0.3, 0.4) is 0 Å². The number of nitrogens with one attached hydrogen (secondary N) is 2. The second kappa shape index (κ2) is 14.3. The molecule has 1 aromatic rings. The fourth-order valence-corrected chi connectivity index (χ4v) is 6.72. The SMILES string of the molecule is CC(C)CN(C1CCN(C(C)C)CC1)[C@@H]1CCN(C(=O)[C@@H](Cc2ccc(Cl)cc2)NC(=O)[C@@H]2CCCCN2)C1. The smallest absolute Gasteiger partial charge is 0.245 e. The standard InChI is InChI=1S/C31H50ClN5O2/c1-22(2)20-37(26-12-16-35(17-13-26)23(3)4)27-14-18-36(21-27)31(39)29(19-24-8-10-25(32)11-9-24)34-30(38)28-7-5-6-15-33-28/h8-11,22-23,26-29,33H,5-7,12-21H2,1-4H3,(H,34,38)/t27-,28+,29-/m1/s1. The molecular formula is C31H50ClN5O2. The van der Waals surface area contributed by atoms with E-state index in [2.05, 4.69) is 48.1 Å². The summed E-state index contributed by atoms with van der Waals surface area (Å²) in [6.45, 7) is 14.9. The minimum atomic E-state index is -0.575. The summed E-state index contributed by atoms with van der Waals surface area (Å²) in [6.07, 6.45) is 6.80. The monoisotopic (exact) mass is 559 g/mol. The first-order chi connectivity index (χ1) is 18.7. The van der Waals surface area contributed by atoms with E-state index in [1.165, 1.54) is 12.8 Å². The highest BCUT2D eigenvalue weighted by Gasteiger charge is 2.38. The van der Waals surface area contributed by atoms with Crippen LogP contribution < -0.4 is 10.6 Å². The molecular weight excluding hydrogens is 510 g/mol. The predicted octanol–water partition coefficient (Wildman–Crippen LogP) is 3.94. The average Bonchev–Trinajstić information content (AvgIpc) is 3.42. The number of hydrogen-bond donors (Lipinski definition) is 2. The van der Waals surface area contributed by atoms with Crippen molar-refractivity contribution in [2.45, 2.75) is 103 Å². The summed E-state index contributed by atoms with van der Waals surface area (Å²) < 4.78 is 0. The Labute approximate surface area is 241 Å². The molecule has 39 heavy (non-hydrogen) atoms. The molecule has 0 radical (unpaired) electrons. The van der Waals surface area contributed by atoms with Crippen LogP contribution in [0.15, 0.2) is 24.3 Å². The van der Waals surface area contributed by atoms with Crippen molar-refractivity contribution in [2.75, 3.05) is 39.3 Å². The highest BCUT2D eigenvalue weighted by molar-refractivity contribution is 6.30. The molecule has 2 amide bonds. The van der Waals surface area contributed by atoms with Gasteiger partial charge in [0.05, 0.1) is 6.04 Å². The zero-order chi connectivity index (χ0) is 27.9. The summed E-state index contributed by atoms with van der Waals surface area (Å²) in [4.78, 5) is 34.4. The van der Waals surface area contributed by atoms with Gasteiger partial charge < -0.3 is 20.4 Å². The first-order valence-electron chi connectivity index (χ1n) is 15.3. The predicted molar refractivity (Wildman–Crippen MR) is 159 cm³/mol. The number of carbonyl (C=O) groups is 2. The first-order valence-corrected chi connectivity index (χ1v) is 15.7. The highest BCUT2D eigenvalue weighted by atomic mass is 35.5. The van der Waals surface area contributed by atoms with Gasteiger partial charge in [-0.05, 0) is 89.2 Å². The van der Waals surface area contributed by atoms with Crippen molar-refractivity contribution < 1.29 is 9.59 Å². The number of piperidine rings is 2. The maximum Gasteiger partial charge on any atom is 0.245 e. The van der Waals surface area contributed by atoms with Crippen LogP contribution in [0.5, 0.6) is 0 Å². The molecule has 0 unspecified atom stereocenters. The molecule has 7 nitrogen and oxygen atoms in total. The van der Waals surface area contributed by atoms with Gasteiger partial charge in [-0.2, -0.15) is 0 Å². The molecule has 0 aromatic heterocycles. The zero-order valence-electron chi connectivity index (χ0n) is 24.5. The second-order valence-corrected chi connectivity index (χ2v) is 13.0. The minimum Gasteiger partial charge on any atom is -0.343 e. The van der Waals surface area contributed by atoms with Gasteiger partial charge in [0.1, 0.15) is 6.04 Å². The lowest BCUT2D eigenvalue weighted by Gasteiger charge is -2.43. The molecule has 3 aliphatic heterocycles. The summed E-state index contributed by atoms with van der Waals surface area (Å²) in [5, 5.41) is 7.13. The molecule has 1 aromatic carbocycles. The van der Waals surface area contributed by atoms with E-state index < -0.39 is 6.04 Å².